The first-order chi connectivity index (χ1) is 11.3. The molecule has 0 amide bonds. The van der Waals surface area contributed by atoms with Crippen molar-refractivity contribution in [3.63, 3.8) is 0 Å². The first-order valence-electron chi connectivity index (χ1n) is 8.54. The first-order valence-corrected chi connectivity index (χ1v) is 8.54. The fourth-order valence-corrected chi connectivity index (χ4v) is 3.74. The van der Waals surface area contributed by atoms with Crippen LogP contribution in [0.4, 0.5) is 5.69 Å². The second-order valence-corrected chi connectivity index (χ2v) is 6.77. The van der Waals surface area contributed by atoms with Gasteiger partial charge < -0.3 is 15.4 Å². The van der Waals surface area contributed by atoms with Gasteiger partial charge in [0.05, 0.1) is 24.1 Å². The van der Waals surface area contributed by atoms with Crippen molar-refractivity contribution in [3.05, 3.63) is 18.1 Å². The molecule has 0 aliphatic carbocycles. The van der Waals surface area contributed by atoms with E-state index in [4.69, 9.17) is 4.74 Å². The largest absolute Gasteiger partial charge is 0.379 e. The highest BCUT2D eigenvalue weighted by Gasteiger charge is 2.40. The smallest absolute Gasteiger partial charge is 0.200 e. The van der Waals surface area contributed by atoms with Crippen LogP contribution in [0.5, 0.6) is 0 Å². The second-order valence-electron chi connectivity index (χ2n) is 6.77. The molecule has 2 N–H and O–H groups in total. The molecule has 4 heterocycles. The Labute approximate surface area is 135 Å². The average Bonchev–Trinajstić information content (AvgIpc) is 3.20. The summed E-state index contributed by atoms with van der Waals surface area (Å²) >= 11 is 0. The molecule has 2 aliphatic heterocycles. The van der Waals surface area contributed by atoms with Crippen LogP contribution in [0.2, 0.25) is 0 Å². The van der Waals surface area contributed by atoms with Gasteiger partial charge in [-0.25, -0.2) is 0 Å². The Bertz CT molecular complexity index is 678. The number of aromatic nitrogens is 4. The van der Waals surface area contributed by atoms with Gasteiger partial charge in [-0.1, -0.05) is 6.92 Å². The predicted molar refractivity (Wildman–Crippen MR) is 87.5 cm³/mol. The lowest BCUT2D eigenvalue weighted by Crippen LogP contribution is -2.37. The van der Waals surface area contributed by atoms with Crippen LogP contribution in [0, 0.1) is 5.41 Å². The second kappa shape index (κ2) is 6.05. The lowest BCUT2D eigenvalue weighted by atomic mass is 9.77. The van der Waals surface area contributed by atoms with Gasteiger partial charge in [0.25, 0.3) is 0 Å². The SMILES string of the molecule is CCc1cc(NCC2CC3(CCNCC3)CO2)c2nncn2n1. The molecule has 7 nitrogen and oxygen atoms in total. The van der Waals surface area contributed by atoms with E-state index in [0.29, 0.717) is 5.41 Å². The first kappa shape index (κ1) is 14.8. The van der Waals surface area contributed by atoms with E-state index in [1.54, 1.807) is 10.8 Å². The fourth-order valence-electron chi connectivity index (χ4n) is 3.74. The van der Waals surface area contributed by atoms with Gasteiger partial charge in [-0.2, -0.15) is 9.61 Å². The van der Waals surface area contributed by atoms with Crippen molar-refractivity contribution >= 4 is 11.3 Å². The standard InChI is InChI=1S/C16H24N6O/c1-2-12-7-14(15-20-19-11-22(15)21-12)18-9-13-8-16(10-23-13)3-5-17-6-4-16/h7,11,13,17-18H,2-6,8-10H2,1H3. The van der Waals surface area contributed by atoms with Gasteiger partial charge in [0.15, 0.2) is 0 Å². The third-order valence-electron chi connectivity index (χ3n) is 5.15. The molecule has 0 radical (unpaired) electrons. The quantitative estimate of drug-likeness (QED) is 0.884. The van der Waals surface area contributed by atoms with Crippen LogP contribution in [-0.2, 0) is 11.2 Å². The lowest BCUT2D eigenvalue weighted by Gasteiger charge is -2.32. The molecule has 2 aliphatic rings. The van der Waals surface area contributed by atoms with Gasteiger partial charge in [-0.3, -0.25) is 0 Å². The summed E-state index contributed by atoms with van der Waals surface area (Å²) in [5.41, 5.74) is 3.19. The van der Waals surface area contributed by atoms with E-state index >= 15 is 0 Å². The van der Waals surface area contributed by atoms with E-state index in [2.05, 4.69) is 38.9 Å². The molecule has 2 aromatic heterocycles. The van der Waals surface area contributed by atoms with Crippen LogP contribution in [0.25, 0.3) is 5.65 Å². The zero-order valence-corrected chi connectivity index (χ0v) is 13.6. The summed E-state index contributed by atoms with van der Waals surface area (Å²) in [5, 5.41) is 19.5. The van der Waals surface area contributed by atoms with E-state index in [0.717, 1.165) is 56.1 Å². The van der Waals surface area contributed by atoms with Crippen LogP contribution >= 0.6 is 0 Å². The van der Waals surface area contributed by atoms with Crippen LogP contribution in [0.3, 0.4) is 0 Å². The molecular formula is C16H24N6O. The maximum absolute atomic E-state index is 6.07. The van der Waals surface area contributed by atoms with Crippen LogP contribution < -0.4 is 10.6 Å². The summed E-state index contributed by atoms with van der Waals surface area (Å²) in [6.45, 7) is 6.05. The Kier molecular flexibility index (Phi) is 3.90. The Morgan fingerprint density at radius 1 is 1.43 bits per heavy atom. The zero-order chi connectivity index (χ0) is 15.7. The number of nitrogens with zero attached hydrogens (tertiary/aromatic N) is 4. The summed E-state index contributed by atoms with van der Waals surface area (Å²) in [7, 11) is 0. The van der Waals surface area contributed by atoms with Gasteiger partial charge in [0, 0.05) is 6.54 Å². The molecule has 2 aromatic rings. The summed E-state index contributed by atoms with van der Waals surface area (Å²) in [4.78, 5) is 0. The predicted octanol–water partition coefficient (Wildman–Crippen LogP) is 1.26. The fraction of sp³-hybridized carbons (Fsp3) is 0.688. The molecule has 7 heteroatoms. The van der Waals surface area contributed by atoms with E-state index < -0.39 is 0 Å². The molecular weight excluding hydrogens is 292 g/mol. The Morgan fingerprint density at radius 3 is 3.13 bits per heavy atom. The number of aryl methyl sites for hydroxylation is 1. The Hall–Kier alpha value is -1.73. The molecule has 0 saturated carbocycles. The average molecular weight is 316 g/mol. The number of piperidine rings is 1. The molecule has 23 heavy (non-hydrogen) atoms. The highest BCUT2D eigenvalue weighted by molar-refractivity contribution is 5.66. The number of fused-ring (bicyclic) bond motifs is 1. The number of nitrogens with one attached hydrogen (secondary N) is 2. The minimum absolute atomic E-state index is 0.273. The number of hydrogen-bond acceptors (Lipinski definition) is 6. The Balaban J connectivity index is 1.44. The normalized spacial score (nSPS) is 23.6. The number of ether oxygens (including phenoxy) is 1. The van der Waals surface area contributed by atoms with Crippen molar-refractivity contribution in [2.24, 2.45) is 5.41 Å². The molecule has 1 unspecified atom stereocenters. The third kappa shape index (κ3) is 2.90. The Morgan fingerprint density at radius 2 is 2.30 bits per heavy atom. The zero-order valence-electron chi connectivity index (χ0n) is 13.6. The minimum atomic E-state index is 0.273. The summed E-state index contributed by atoms with van der Waals surface area (Å²) in [6, 6.07) is 2.07. The highest BCUT2D eigenvalue weighted by Crippen LogP contribution is 2.40. The molecule has 124 valence electrons. The molecule has 2 fully saturated rings. The molecule has 2 saturated heterocycles. The van der Waals surface area contributed by atoms with E-state index in [-0.39, 0.29) is 6.10 Å². The topological polar surface area (TPSA) is 76.4 Å². The van der Waals surface area contributed by atoms with Crippen molar-refractivity contribution < 1.29 is 4.74 Å². The molecule has 0 aromatic carbocycles. The van der Waals surface area contributed by atoms with Crippen molar-refractivity contribution in [1.29, 1.82) is 0 Å². The third-order valence-corrected chi connectivity index (χ3v) is 5.15. The van der Waals surface area contributed by atoms with E-state index in [9.17, 15) is 0 Å². The van der Waals surface area contributed by atoms with Gasteiger partial charge in [-0.05, 0) is 50.3 Å². The number of anilines is 1. The van der Waals surface area contributed by atoms with Gasteiger partial charge >= 0.3 is 0 Å². The summed E-state index contributed by atoms with van der Waals surface area (Å²) in [5.74, 6) is 0. The molecule has 1 atom stereocenters. The van der Waals surface area contributed by atoms with Gasteiger partial charge in [0.2, 0.25) is 5.65 Å². The maximum Gasteiger partial charge on any atom is 0.200 e. The number of rotatable bonds is 4. The van der Waals surface area contributed by atoms with Crippen LogP contribution in [0.1, 0.15) is 31.9 Å². The minimum Gasteiger partial charge on any atom is -0.379 e. The van der Waals surface area contributed by atoms with Crippen molar-refractivity contribution in [1.82, 2.24) is 25.1 Å². The highest BCUT2D eigenvalue weighted by atomic mass is 16.5. The maximum atomic E-state index is 6.07. The molecule has 4 rings (SSSR count). The molecule has 1 spiro atoms. The van der Waals surface area contributed by atoms with Crippen molar-refractivity contribution in [3.8, 4) is 0 Å². The molecule has 0 bridgehead atoms. The van der Waals surface area contributed by atoms with E-state index in [1.807, 2.05) is 0 Å². The van der Waals surface area contributed by atoms with Crippen LogP contribution in [-0.4, -0.2) is 52.2 Å². The van der Waals surface area contributed by atoms with Gasteiger partial charge in [0.1, 0.15) is 6.33 Å². The summed E-state index contributed by atoms with van der Waals surface area (Å²) in [6.07, 6.45) is 6.42. The summed E-state index contributed by atoms with van der Waals surface area (Å²) < 4.78 is 7.81. The number of hydrogen-bond donors (Lipinski definition) is 2. The van der Waals surface area contributed by atoms with E-state index in [1.165, 1.54) is 12.8 Å². The van der Waals surface area contributed by atoms with Gasteiger partial charge in [-0.15, -0.1) is 10.2 Å². The van der Waals surface area contributed by atoms with Crippen LogP contribution in [0.15, 0.2) is 12.4 Å². The van der Waals surface area contributed by atoms with Crippen molar-refractivity contribution in [2.45, 2.75) is 38.7 Å². The van der Waals surface area contributed by atoms with Crippen molar-refractivity contribution in [2.75, 3.05) is 31.6 Å². The monoisotopic (exact) mass is 316 g/mol. The lowest BCUT2D eigenvalue weighted by molar-refractivity contribution is 0.0925.